The molecule has 3 N–H and O–H groups in total. The van der Waals surface area contributed by atoms with Gasteiger partial charge in [-0.3, -0.25) is 4.79 Å². The second-order valence-electron chi connectivity index (χ2n) is 4.65. The maximum atomic E-state index is 11.7. The highest BCUT2D eigenvalue weighted by Crippen LogP contribution is 2.25. The maximum Gasteiger partial charge on any atom is 0.319 e. The first kappa shape index (κ1) is 13.7. The Kier molecular flexibility index (Phi) is 4.27. The average Bonchev–Trinajstić information content (AvgIpc) is 2.80. The van der Waals surface area contributed by atoms with Crippen molar-refractivity contribution in [3.05, 3.63) is 29.3 Å². The number of carbonyl (C=O) groups excluding carboxylic acids is 1. The van der Waals surface area contributed by atoms with Crippen LogP contribution in [0.5, 0.6) is 0 Å². The minimum atomic E-state index is -0.789. The van der Waals surface area contributed by atoms with Crippen LogP contribution in [0, 0.1) is 5.92 Å². The zero-order valence-corrected chi connectivity index (χ0v) is 11.0. The summed E-state index contributed by atoms with van der Waals surface area (Å²) in [6.45, 7) is 0. The van der Waals surface area contributed by atoms with Gasteiger partial charge in [-0.2, -0.15) is 0 Å². The fourth-order valence-electron chi connectivity index (χ4n) is 2.22. The summed E-state index contributed by atoms with van der Waals surface area (Å²) < 4.78 is 0. The molecule has 0 radical (unpaired) electrons. The topological polar surface area (TPSA) is 78.4 Å². The lowest BCUT2D eigenvalue weighted by Crippen LogP contribution is -2.36. The molecule has 1 aromatic rings. The monoisotopic (exact) mass is 282 g/mol. The molecule has 2 amide bonds. The van der Waals surface area contributed by atoms with Crippen LogP contribution in [0.15, 0.2) is 24.3 Å². The lowest BCUT2D eigenvalue weighted by atomic mass is 10.1. The fourth-order valence-corrected chi connectivity index (χ4v) is 2.35. The standard InChI is InChI=1S/C13H15ClN2O3/c14-9-2-5-10(6-3-9)15-13(19)16-11-4-1-8(7-11)12(17)18/h2-3,5-6,8,11H,1,4,7H2,(H,17,18)(H2,15,16,19)/t8-,11+/m1/s1. The summed E-state index contributed by atoms with van der Waals surface area (Å²) in [5, 5.41) is 15.0. The molecule has 0 unspecified atom stereocenters. The quantitative estimate of drug-likeness (QED) is 0.797. The molecule has 0 spiro atoms. The first-order valence-electron chi connectivity index (χ1n) is 6.10. The predicted octanol–water partition coefficient (Wildman–Crippen LogP) is 2.71. The van der Waals surface area contributed by atoms with Crippen molar-refractivity contribution in [3.63, 3.8) is 0 Å². The highest BCUT2D eigenvalue weighted by molar-refractivity contribution is 6.30. The van der Waals surface area contributed by atoms with Gasteiger partial charge in [0.1, 0.15) is 0 Å². The highest BCUT2D eigenvalue weighted by atomic mass is 35.5. The van der Waals surface area contributed by atoms with Gasteiger partial charge in [-0.1, -0.05) is 11.6 Å². The molecule has 1 aromatic carbocycles. The Hall–Kier alpha value is -1.75. The van der Waals surface area contributed by atoms with Crippen molar-refractivity contribution in [1.29, 1.82) is 0 Å². The van der Waals surface area contributed by atoms with Gasteiger partial charge in [0.15, 0.2) is 0 Å². The molecule has 1 aliphatic rings. The fraction of sp³-hybridized carbons (Fsp3) is 0.385. The number of amides is 2. The van der Waals surface area contributed by atoms with E-state index in [4.69, 9.17) is 16.7 Å². The Bertz CT molecular complexity index is 475. The molecule has 1 saturated carbocycles. The molecule has 6 heteroatoms. The third kappa shape index (κ3) is 3.86. The number of halogens is 1. The van der Waals surface area contributed by atoms with Gasteiger partial charge in [-0.25, -0.2) is 4.79 Å². The number of urea groups is 1. The number of rotatable bonds is 3. The SMILES string of the molecule is O=C(Nc1ccc(Cl)cc1)N[C@H]1CC[C@@H](C(=O)O)C1. The van der Waals surface area contributed by atoms with Crippen molar-refractivity contribution in [2.45, 2.75) is 25.3 Å². The number of nitrogens with one attached hydrogen (secondary N) is 2. The van der Waals surface area contributed by atoms with Crippen LogP contribution in [-0.2, 0) is 4.79 Å². The van der Waals surface area contributed by atoms with Crippen LogP contribution in [0.2, 0.25) is 5.02 Å². The van der Waals surface area contributed by atoms with Crippen LogP contribution in [0.3, 0.4) is 0 Å². The van der Waals surface area contributed by atoms with Crippen LogP contribution >= 0.6 is 11.6 Å². The van der Waals surface area contributed by atoms with Crippen LogP contribution < -0.4 is 10.6 Å². The zero-order valence-electron chi connectivity index (χ0n) is 10.2. The van der Waals surface area contributed by atoms with Crippen molar-refractivity contribution in [3.8, 4) is 0 Å². The maximum absolute atomic E-state index is 11.7. The number of carboxylic acid groups (broad SMARTS) is 1. The van der Waals surface area contributed by atoms with Gasteiger partial charge in [0, 0.05) is 16.8 Å². The number of anilines is 1. The van der Waals surface area contributed by atoms with Gasteiger partial charge in [-0.05, 0) is 43.5 Å². The molecule has 2 rings (SSSR count). The van der Waals surface area contributed by atoms with Crippen LogP contribution in [0.4, 0.5) is 10.5 Å². The molecule has 0 bridgehead atoms. The first-order valence-corrected chi connectivity index (χ1v) is 6.48. The highest BCUT2D eigenvalue weighted by Gasteiger charge is 2.30. The molecule has 0 heterocycles. The van der Waals surface area contributed by atoms with E-state index in [1.807, 2.05) is 0 Å². The van der Waals surface area contributed by atoms with E-state index in [2.05, 4.69) is 10.6 Å². The molecular formula is C13H15ClN2O3. The molecular weight excluding hydrogens is 268 g/mol. The van der Waals surface area contributed by atoms with E-state index in [-0.39, 0.29) is 18.0 Å². The van der Waals surface area contributed by atoms with E-state index >= 15 is 0 Å². The number of hydrogen-bond acceptors (Lipinski definition) is 2. The molecule has 1 fully saturated rings. The lowest BCUT2D eigenvalue weighted by molar-refractivity contribution is -0.141. The van der Waals surface area contributed by atoms with Gasteiger partial charge < -0.3 is 15.7 Å². The van der Waals surface area contributed by atoms with Gasteiger partial charge in [0.05, 0.1) is 5.92 Å². The molecule has 19 heavy (non-hydrogen) atoms. The van der Waals surface area contributed by atoms with Crippen molar-refractivity contribution >= 4 is 29.3 Å². The first-order chi connectivity index (χ1) is 9.04. The lowest BCUT2D eigenvalue weighted by Gasteiger charge is -2.13. The van der Waals surface area contributed by atoms with Crippen LogP contribution in [-0.4, -0.2) is 23.1 Å². The number of carbonyl (C=O) groups is 2. The van der Waals surface area contributed by atoms with E-state index in [0.717, 1.165) is 0 Å². The number of benzene rings is 1. The van der Waals surface area contributed by atoms with Gasteiger partial charge in [0.25, 0.3) is 0 Å². The summed E-state index contributed by atoms with van der Waals surface area (Å²) in [4.78, 5) is 22.5. The summed E-state index contributed by atoms with van der Waals surface area (Å²) in [7, 11) is 0. The van der Waals surface area contributed by atoms with Crippen molar-refractivity contribution in [2.24, 2.45) is 5.92 Å². The average molecular weight is 283 g/mol. The molecule has 0 aromatic heterocycles. The third-order valence-corrected chi connectivity index (χ3v) is 3.47. The van der Waals surface area contributed by atoms with Gasteiger partial charge in [0.2, 0.25) is 0 Å². The van der Waals surface area contributed by atoms with E-state index in [1.54, 1.807) is 24.3 Å². The minimum absolute atomic E-state index is 0.0756. The second kappa shape index (κ2) is 5.93. The summed E-state index contributed by atoms with van der Waals surface area (Å²) in [6, 6.07) is 6.39. The normalized spacial score (nSPS) is 21.9. The summed E-state index contributed by atoms with van der Waals surface area (Å²) in [6.07, 6.45) is 1.80. The van der Waals surface area contributed by atoms with E-state index in [0.29, 0.717) is 30.0 Å². The number of hydrogen-bond donors (Lipinski definition) is 3. The largest absolute Gasteiger partial charge is 0.481 e. The van der Waals surface area contributed by atoms with Gasteiger partial charge >= 0.3 is 12.0 Å². The Balaban J connectivity index is 1.82. The minimum Gasteiger partial charge on any atom is -0.481 e. The van der Waals surface area contributed by atoms with Gasteiger partial charge in [-0.15, -0.1) is 0 Å². The molecule has 0 aliphatic heterocycles. The van der Waals surface area contributed by atoms with E-state index in [1.165, 1.54) is 0 Å². The van der Waals surface area contributed by atoms with E-state index in [9.17, 15) is 9.59 Å². The summed E-state index contributed by atoms with van der Waals surface area (Å²) in [5.74, 6) is -1.14. The van der Waals surface area contributed by atoms with Crippen LogP contribution in [0.25, 0.3) is 0 Å². The second-order valence-corrected chi connectivity index (χ2v) is 5.09. The smallest absolute Gasteiger partial charge is 0.319 e. The van der Waals surface area contributed by atoms with E-state index < -0.39 is 5.97 Å². The van der Waals surface area contributed by atoms with Crippen LogP contribution in [0.1, 0.15) is 19.3 Å². The molecule has 0 saturated heterocycles. The number of aliphatic carboxylic acids is 1. The molecule has 1 aliphatic carbocycles. The summed E-state index contributed by atoms with van der Waals surface area (Å²) >= 11 is 5.75. The number of carboxylic acids is 1. The Morgan fingerprint density at radius 1 is 1.21 bits per heavy atom. The predicted molar refractivity (Wildman–Crippen MR) is 72.4 cm³/mol. The van der Waals surface area contributed by atoms with Crippen molar-refractivity contribution in [1.82, 2.24) is 5.32 Å². The van der Waals surface area contributed by atoms with Crippen molar-refractivity contribution < 1.29 is 14.7 Å². The molecule has 5 nitrogen and oxygen atoms in total. The molecule has 102 valence electrons. The third-order valence-electron chi connectivity index (χ3n) is 3.22. The molecule has 2 atom stereocenters. The Morgan fingerprint density at radius 2 is 1.89 bits per heavy atom. The van der Waals surface area contributed by atoms with Crippen molar-refractivity contribution in [2.75, 3.05) is 5.32 Å². The zero-order chi connectivity index (χ0) is 13.8. The summed E-state index contributed by atoms with van der Waals surface area (Å²) in [5.41, 5.74) is 0.648. The Morgan fingerprint density at radius 3 is 2.47 bits per heavy atom. The Labute approximate surface area is 116 Å².